The Morgan fingerprint density at radius 1 is 1.45 bits per heavy atom. The molecule has 1 rings (SSSR count). The first-order valence-corrected chi connectivity index (χ1v) is 4.68. The van der Waals surface area contributed by atoms with Crippen molar-refractivity contribution in [2.24, 2.45) is 11.8 Å². The van der Waals surface area contributed by atoms with E-state index in [1.807, 2.05) is 6.92 Å². The number of rotatable bonds is 4. The van der Waals surface area contributed by atoms with Crippen molar-refractivity contribution in [1.29, 1.82) is 0 Å². The topological polar surface area (TPSA) is 35.2 Å². The van der Waals surface area contributed by atoms with Gasteiger partial charge in [0.1, 0.15) is 0 Å². The Balaban J connectivity index is 2.01. The van der Waals surface area contributed by atoms with Crippen LogP contribution in [0, 0.1) is 5.92 Å². The van der Waals surface area contributed by atoms with Crippen LogP contribution in [0.1, 0.15) is 45.4 Å². The lowest BCUT2D eigenvalue weighted by atomic mass is 10.0. The summed E-state index contributed by atoms with van der Waals surface area (Å²) in [5.74, 6) is 6.02. The van der Waals surface area contributed by atoms with Gasteiger partial charge < -0.3 is 4.84 Å². The third-order valence-electron chi connectivity index (χ3n) is 2.69. The molecule has 1 saturated carbocycles. The van der Waals surface area contributed by atoms with Crippen LogP contribution in [-0.2, 0) is 4.84 Å². The smallest absolute Gasteiger partial charge is 0.0759 e. The monoisotopic (exact) mass is 157 g/mol. The Hall–Kier alpha value is -0.0800. The second-order valence-electron chi connectivity index (χ2n) is 3.67. The minimum absolute atomic E-state index is 0.246. The second-order valence-corrected chi connectivity index (χ2v) is 3.67. The molecule has 1 aliphatic carbocycles. The molecule has 0 aromatic rings. The van der Waals surface area contributed by atoms with Crippen molar-refractivity contribution in [2.75, 3.05) is 0 Å². The lowest BCUT2D eigenvalue weighted by molar-refractivity contribution is 0.0561. The molecule has 0 bridgehead atoms. The van der Waals surface area contributed by atoms with Crippen LogP contribution in [0.4, 0.5) is 0 Å². The summed E-state index contributed by atoms with van der Waals surface area (Å²) in [7, 11) is 0. The van der Waals surface area contributed by atoms with E-state index in [1.165, 1.54) is 32.1 Å². The van der Waals surface area contributed by atoms with E-state index in [0.29, 0.717) is 0 Å². The van der Waals surface area contributed by atoms with E-state index in [0.717, 1.165) is 12.3 Å². The molecule has 2 nitrogen and oxygen atoms in total. The maximum atomic E-state index is 5.06. The van der Waals surface area contributed by atoms with Crippen molar-refractivity contribution in [2.45, 2.75) is 51.6 Å². The maximum absolute atomic E-state index is 5.06. The van der Waals surface area contributed by atoms with E-state index in [4.69, 9.17) is 10.7 Å². The summed E-state index contributed by atoms with van der Waals surface area (Å²) in [6, 6.07) is 0. The van der Waals surface area contributed by atoms with Crippen LogP contribution in [0.2, 0.25) is 0 Å². The zero-order valence-electron chi connectivity index (χ0n) is 7.38. The molecular weight excluding hydrogens is 138 g/mol. The minimum atomic E-state index is 0.246. The fourth-order valence-electron chi connectivity index (χ4n) is 1.84. The summed E-state index contributed by atoms with van der Waals surface area (Å²) in [5, 5.41) is 0. The van der Waals surface area contributed by atoms with Crippen LogP contribution in [0.15, 0.2) is 0 Å². The van der Waals surface area contributed by atoms with Crippen molar-refractivity contribution >= 4 is 0 Å². The first-order valence-electron chi connectivity index (χ1n) is 4.68. The number of hydrogen-bond acceptors (Lipinski definition) is 2. The highest BCUT2D eigenvalue weighted by atomic mass is 16.6. The van der Waals surface area contributed by atoms with Crippen LogP contribution in [0.3, 0.4) is 0 Å². The van der Waals surface area contributed by atoms with E-state index < -0.39 is 0 Å². The molecule has 2 heteroatoms. The first kappa shape index (κ1) is 9.01. The molecule has 0 amide bonds. The van der Waals surface area contributed by atoms with Crippen molar-refractivity contribution in [3.63, 3.8) is 0 Å². The molecule has 66 valence electrons. The molecular formula is C9H19NO. The Morgan fingerprint density at radius 3 is 2.64 bits per heavy atom. The summed E-state index contributed by atoms with van der Waals surface area (Å²) in [4.78, 5) is 4.71. The van der Waals surface area contributed by atoms with Gasteiger partial charge in [0, 0.05) is 0 Å². The molecule has 1 unspecified atom stereocenters. The lowest BCUT2D eigenvalue weighted by Gasteiger charge is -2.11. The van der Waals surface area contributed by atoms with Gasteiger partial charge in [-0.25, -0.2) is 5.90 Å². The lowest BCUT2D eigenvalue weighted by Crippen LogP contribution is -2.14. The summed E-state index contributed by atoms with van der Waals surface area (Å²) < 4.78 is 0. The fraction of sp³-hybridized carbons (Fsp3) is 1.00. The molecule has 11 heavy (non-hydrogen) atoms. The van der Waals surface area contributed by atoms with Crippen LogP contribution >= 0.6 is 0 Å². The third-order valence-corrected chi connectivity index (χ3v) is 2.69. The fourth-order valence-corrected chi connectivity index (χ4v) is 1.84. The maximum Gasteiger partial charge on any atom is 0.0759 e. The summed E-state index contributed by atoms with van der Waals surface area (Å²) in [6.07, 6.45) is 8.40. The van der Waals surface area contributed by atoms with Crippen LogP contribution in [0.5, 0.6) is 0 Å². The molecule has 1 atom stereocenters. The van der Waals surface area contributed by atoms with Crippen LogP contribution in [0.25, 0.3) is 0 Å². The molecule has 0 saturated heterocycles. The normalized spacial score (nSPS) is 22.4. The molecule has 1 aliphatic rings. The molecule has 0 aromatic carbocycles. The molecule has 0 radical (unpaired) electrons. The molecule has 0 heterocycles. The zero-order chi connectivity index (χ0) is 8.10. The van der Waals surface area contributed by atoms with E-state index >= 15 is 0 Å². The van der Waals surface area contributed by atoms with E-state index in [-0.39, 0.29) is 6.10 Å². The first-order chi connectivity index (χ1) is 5.33. The zero-order valence-corrected chi connectivity index (χ0v) is 7.38. The standard InChI is InChI=1S/C9H19NO/c1-8(11-10)6-7-9-4-2-3-5-9/h8-9H,2-7,10H2,1H3. The van der Waals surface area contributed by atoms with E-state index in [9.17, 15) is 0 Å². The van der Waals surface area contributed by atoms with Gasteiger partial charge in [0.05, 0.1) is 6.10 Å². The highest BCUT2D eigenvalue weighted by molar-refractivity contribution is 4.68. The summed E-state index contributed by atoms with van der Waals surface area (Å²) in [6.45, 7) is 2.04. The minimum Gasteiger partial charge on any atom is -0.302 e. The van der Waals surface area contributed by atoms with Crippen molar-refractivity contribution in [3.05, 3.63) is 0 Å². The summed E-state index contributed by atoms with van der Waals surface area (Å²) >= 11 is 0. The molecule has 0 aromatic heterocycles. The Labute approximate surface area is 69.1 Å². The molecule has 2 N–H and O–H groups in total. The van der Waals surface area contributed by atoms with Crippen LogP contribution < -0.4 is 5.90 Å². The highest BCUT2D eigenvalue weighted by Crippen LogP contribution is 2.28. The van der Waals surface area contributed by atoms with Gasteiger partial charge >= 0.3 is 0 Å². The number of nitrogens with two attached hydrogens (primary N) is 1. The van der Waals surface area contributed by atoms with E-state index in [2.05, 4.69) is 0 Å². The molecule has 1 fully saturated rings. The van der Waals surface area contributed by atoms with E-state index in [1.54, 1.807) is 0 Å². The Morgan fingerprint density at radius 2 is 2.09 bits per heavy atom. The van der Waals surface area contributed by atoms with Gasteiger partial charge in [0.2, 0.25) is 0 Å². The molecule has 0 aliphatic heterocycles. The van der Waals surface area contributed by atoms with Crippen molar-refractivity contribution < 1.29 is 4.84 Å². The van der Waals surface area contributed by atoms with Gasteiger partial charge in [-0.1, -0.05) is 25.7 Å². The SMILES string of the molecule is CC(CCC1CCCC1)ON. The van der Waals surface area contributed by atoms with Crippen LogP contribution in [-0.4, -0.2) is 6.10 Å². The van der Waals surface area contributed by atoms with Gasteiger partial charge in [0.15, 0.2) is 0 Å². The van der Waals surface area contributed by atoms with Crippen molar-refractivity contribution in [3.8, 4) is 0 Å². The van der Waals surface area contributed by atoms with Crippen molar-refractivity contribution in [1.82, 2.24) is 0 Å². The predicted octanol–water partition coefficient (Wildman–Crippen LogP) is 2.24. The second kappa shape index (κ2) is 4.73. The quantitative estimate of drug-likeness (QED) is 0.635. The Kier molecular flexibility index (Phi) is 3.87. The highest BCUT2D eigenvalue weighted by Gasteiger charge is 2.15. The van der Waals surface area contributed by atoms with Gasteiger partial charge in [-0.05, 0) is 25.7 Å². The Bertz CT molecular complexity index is 99.7. The van der Waals surface area contributed by atoms with Gasteiger partial charge in [-0.2, -0.15) is 0 Å². The third kappa shape index (κ3) is 3.21. The van der Waals surface area contributed by atoms with Gasteiger partial charge in [0.25, 0.3) is 0 Å². The van der Waals surface area contributed by atoms with Gasteiger partial charge in [-0.15, -0.1) is 0 Å². The largest absolute Gasteiger partial charge is 0.302 e. The average molecular weight is 157 g/mol. The average Bonchev–Trinajstić information content (AvgIpc) is 2.52. The number of hydrogen-bond donors (Lipinski definition) is 1. The molecule has 0 spiro atoms. The summed E-state index contributed by atoms with van der Waals surface area (Å²) in [5.41, 5.74) is 0. The van der Waals surface area contributed by atoms with Gasteiger partial charge in [-0.3, -0.25) is 0 Å². The predicted molar refractivity (Wildman–Crippen MR) is 45.9 cm³/mol.